The van der Waals surface area contributed by atoms with Gasteiger partial charge >= 0.3 is 0 Å². The van der Waals surface area contributed by atoms with E-state index in [9.17, 15) is 0 Å². The molecule has 0 saturated carbocycles. The van der Waals surface area contributed by atoms with Gasteiger partial charge in [0.1, 0.15) is 0 Å². The van der Waals surface area contributed by atoms with Gasteiger partial charge in [0.05, 0.1) is 12.8 Å². The third kappa shape index (κ3) is 2.56. The molecule has 0 aliphatic rings. The lowest BCUT2D eigenvalue weighted by Crippen LogP contribution is -1.99. The molecule has 5 nitrogen and oxygen atoms in total. The van der Waals surface area contributed by atoms with E-state index < -0.39 is 0 Å². The summed E-state index contributed by atoms with van der Waals surface area (Å²) >= 11 is 0. The molecule has 0 aliphatic heterocycles. The normalized spacial score (nSPS) is 10.7. The summed E-state index contributed by atoms with van der Waals surface area (Å²) in [4.78, 5) is 4.31. The second-order valence-corrected chi connectivity index (χ2v) is 4.66. The molecule has 0 bridgehead atoms. The summed E-state index contributed by atoms with van der Waals surface area (Å²) in [5.41, 5.74) is 3.23. The van der Waals surface area contributed by atoms with Crippen LogP contribution >= 0.6 is 0 Å². The molecule has 0 radical (unpaired) electrons. The van der Waals surface area contributed by atoms with Gasteiger partial charge < -0.3 is 14.3 Å². The number of anilines is 1. The van der Waals surface area contributed by atoms with Crippen LogP contribution in [0.3, 0.4) is 0 Å². The summed E-state index contributed by atoms with van der Waals surface area (Å²) < 4.78 is 10.5. The highest BCUT2D eigenvalue weighted by Crippen LogP contribution is 2.21. The molecule has 0 unspecified atom stereocenters. The fraction of sp³-hybridized carbons (Fsp3) is 0.200. The Morgan fingerprint density at radius 1 is 1.10 bits per heavy atom. The zero-order valence-corrected chi connectivity index (χ0v) is 11.4. The highest BCUT2D eigenvalue weighted by atomic mass is 16.5. The van der Waals surface area contributed by atoms with E-state index in [4.69, 9.17) is 8.94 Å². The van der Waals surface area contributed by atoms with Crippen LogP contribution in [0.4, 0.5) is 5.69 Å². The van der Waals surface area contributed by atoms with Crippen molar-refractivity contribution in [3.8, 4) is 11.6 Å². The van der Waals surface area contributed by atoms with Crippen molar-refractivity contribution in [3.63, 3.8) is 0 Å². The molecule has 3 aromatic rings. The summed E-state index contributed by atoms with van der Waals surface area (Å²) in [7, 11) is 0. The van der Waals surface area contributed by atoms with Crippen molar-refractivity contribution in [3.05, 3.63) is 53.6 Å². The van der Waals surface area contributed by atoms with Crippen LogP contribution in [-0.2, 0) is 6.54 Å². The first kappa shape index (κ1) is 12.5. The molecule has 0 amide bonds. The third-order valence-electron chi connectivity index (χ3n) is 3.03. The minimum absolute atomic E-state index is 0.480. The summed E-state index contributed by atoms with van der Waals surface area (Å²) in [6, 6.07) is 10.0. The van der Waals surface area contributed by atoms with Crippen LogP contribution in [0, 0.1) is 13.8 Å². The number of aromatic nitrogens is 2. The Kier molecular flexibility index (Phi) is 3.25. The Hall–Kier alpha value is -2.56. The van der Waals surface area contributed by atoms with Crippen LogP contribution in [0.5, 0.6) is 0 Å². The molecule has 3 rings (SSSR count). The predicted octanol–water partition coefficient (Wildman–Crippen LogP) is 3.56. The van der Waals surface area contributed by atoms with Crippen molar-refractivity contribution in [1.82, 2.24) is 10.1 Å². The Balaban J connectivity index is 1.69. The smallest absolute Gasteiger partial charge is 0.246 e. The van der Waals surface area contributed by atoms with E-state index in [0.29, 0.717) is 24.0 Å². The van der Waals surface area contributed by atoms with Gasteiger partial charge in [-0.2, -0.15) is 4.98 Å². The van der Waals surface area contributed by atoms with E-state index in [2.05, 4.69) is 22.4 Å². The maximum absolute atomic E-state index is 5.33. The molecule has 1 aromatic carbocycles. The Morgan fingerprint density at radius 2 is 1.90 bits per heavy atom. The molecule has 20 heavy (non-hydrogen) atoms. The Labute approximate surface area is 116 Å². The molecule has 0 aliphatic carbocycles. The summed E-state index contributed by atoms with van der Waals surface area (Å²) in [5.74, 6) is 1.65. The quantitative estimate of drug-likeness (QED) is 0.784. The molecule has 2 heterocycles. The summed E-state index contributed by atoms with van der Waals surface area (Å²) in [5, 5.41) is 7.16. The number of rotatable bonds is 4. The monoisotopic (exact) mass is 269 g/mol. The van der Waals surface area contributed by atoms with E-state index in [1.807, 2.05) is 37.3 Å². The van der Waals surface area contributed by atoms with Gasteiger partial charge in [-0.15, -0.1) is 0 Å². The predicted molar refractivity (Wildman–Crippen MR) is 75.2 cm³/mol. The van der Waals surface area contributed by atoms with Crippen molar-refractivity contribution < 1.29 is 8.94 Å². The maximum Gasteiger partial charge on any atom is 0.246 e. The largest absolute Gasteiger partial charge is 0.461 e. The van der Waals surface area contributed by atoms with Gasteiger partial charge in [-0.25, -0.2) is 0 Å². The molecule has 5 heteroatoms. The lowest BCUT2D eigenvalue weighted by Gasteiger charge is -2.02. The molecule has 102 valence electrons. The van der Waals surface area contributed by atoms with E-state index in [1.165, 1.54) is 5.56 Å². The van der Waals surface area contributed by atoms with Crippen molar-refractivity contribution in [2.24, 2.45) is 0 Å². The maximum atomic E-state index is 5.33. The van der Waals surface area contributed by atoms with Crippen molar-refractivity contribution >= 4 is 5.69 Å². The first-order valence-corrected chi connectivity index (χ1v) is 6.40. The van der Waals surface area contributed by atoms with Crippen LogP contribution in [-0.4, -0.2) is 10.1 Å². The van der Waals surface area contributed by atoms with Gasteiger partial charge in [-0.1, -0.05) is 22.9 Å². The van der Waals surface area contributed by atoms with Gasteiger partial charge in [-0.3, -0.25) is 0 Å². The first-order chi connectivity index (χ1) is 9.72. The molecule has 0 atom stereocenters. The fourth-order valence-corrected chi connectivity index (χ4v) is 1.87. The van der Waals surface area contributed by atoms with E-state index >= 15 is 0 Å². The Morgan fingerprint density at radius 3 is 2.60 bits per heavy atom. The standard InChI is InChI=1S/C15H15N3O2/c1-10-3-5-12(6-4-10)16-9-13-17-15(18-20-13)14-11(2)7-8-19-14/h3-8,16H,9H2,1-2H3. The summed E-state index contributed by atoms with van der Waals surface area (Å²) in [6.45, 7) is 4.48. The van der Waals surface area contributed by atoms with Gasteiger partial charge in [0, 0.05) is 5.69 Å². The lowest BCUT2D eigenvalue weighted by molar-refractivity contribution is 0.382. The van der Waals surface area contributed by atoms with Crippen LogP contribution in [0.15, 0.2) is 45.5 Å². The minimum Gasteiger partial charge on any atom is -0.461 e. The molecular formula is C15H15N3O2. The molecule has 0 saturated heterocycles. The number of nitrogens with zero attached hydrogens (tertiary/aromatic N) is 2. The average molecular weight is 269 g/mol. The second kappa shape index (κ2) is 5.21. The first-order valence-electron chi connectivity index (χ1n) is 6.40. The number of nitrogens with one attached hydrogen (secondary N) is 1. The van der Waals surface area contributed by atoms with Gasteiger partial charge in [0.15, 0.2) is 5.76 Å². The molecule has 2 aromatic heterocycles. The van der Waals surface area contributed by atoms with Gasteiger partial charge in [0.25, 0.3) is 0 Å². The van der Waals surface area contributed by atoms with Crippen LogP contribution in [0.1, 0.15) is 17.0 Å². The number of hydrogen-bond donors (Lipinski definition) is 1. The third-order valence-corrected chi connectivity index (χ3v) is 3.03. The average Bonchev–Trinajstić information content (AvgIpc) is 3.06. The van der Waals surface area contributed by atoms with Gasteiger partial charge in [0.2, 0.25) is 11.7 Å². The highest BCUT2D eigenvalue weighted by molar-refractivity contribution is 5.51. The number of furan rings is 1. The molecule has 0 fully saturated rings. The van der Waals surface area contributed by atoms with E-state index in [-0.39, 0.29) is 0 Å². The zero-order valence-electron chi connectivity index (χ0n) is 11.4. The molecule has 0 spiro atoms. The van der Waals surface area contributed by atoms with E-state index in [1.54, 1.807) is 6.26 Å². The summed E-state index contributed by atoms with van der Waals surface area (Å²) in [6.07, 6.45) is 1.62. The lowest BCUT2D eigenvalue weighted by atomic mass is 10.2. The van der Waals surface area contributed by atoms with Crippen LogP contribution in [0.25, 0.3) is 11.6 Å². The second-order valence-electron chi connectivity index (χ2n) is 4.66. The van der Waals surface area contributed by atoms with Crippen molar-refractivity contribution in [1.29, 1.82) is 0 Å². The Bertz CT molecular complexity index is 698. The van der Waals surface area contributed by atoms with Crippen molar-refractivity contribution in [2.45, 2.75) is 20.4 Å². The van der Waals surface area contributed by atoms with E-state index in [0.717, 1.165) is 11.3 Å². The zero-order chi connectivity index (χ0) is 13.9. The minimum atomic E-state index is 0.480. The molecule has 1 N–H and O–H groups in total. The number of aryl methyl sites for hydroxylation is 2. The van der Waals surface area contributed by atoms with Crippen LogP contribution in [0.2, 0.25) is 0 Å². The number of benzene rings is 1. The topological polar surface area (TPSA) is 64.1 Å². The SMILES string of the molecule is Cc1ccc(NCc2nc(-c3occc3C)no2)cc1. The molecular weight excluding hydrogens is 254 g/mol. The highest BCUT2D eigenvalue weighted by Gasteiger charge is 2.13. The van der Waals surface area contributed by atoms with Crippen molar-refractivity contribution in [2.75, 3.05) is 5.32 Å². The van der Waals surface area contributed by atoms with Crippen LogP contribution < -0.4 is 5.32 Å². The number of hydrogen-bond acceptors (Lipinski definition) is 5. The van der Waals surface area contributed by atoms with Gasteiger partial charge in [-0.05, 0) is 37.6 Å². The fourth-order valence-electron chi connectivity index (χ4n) is 1.87.